The average molecular weight is 412 g/mol. The summed E-state index contributed by atoms with van der Waals surface area (Å²) in [5.41, 5.74) is 1.62. The fraction of sp³-hybridized carbons (Fsp3) is 0.227. The zero-order valence-electron chi connectivity index (χ0n) is 16.3. The highest BCUT2D eigenvalue weighted by molar-refractivity contribution is 8.14. The second-order valence-corrected chi connectivity index (χ2v) is 7.56. The van der Waals surface area contributed by atoms with Crippen LogP contribution in [-0.4, -0.2) is 28.8 Å². The molecular formula is C22H22FN3O2S. The van der Waals surface area contributed by atoms with Gasteiger partial charge in [-0.15, -0.1) is 0 Å². The SMILES string of the molecule is CC[C@H](C)NC(=O)CSC1=N/C(=C\c2ccccc2)C(=O)N1c1ccc(F)cc1. The molecule has 0 saturated heterocycles. The van der Waals surface area contributed by atoms with Crippen LogP contribution in [0.1, 0.15) is 25.8 Å². The van der Waals surface area contributed by atoms with Crippen molar-refractivity contribution < 1.29 is 14.0 Å². The minimum absolute atomic E-state index is 0.0805. The molecule has 0 unspecified atom stereocenters. The molecule has 0 saturated carbocycles. The molecule has 1 heterocycles. The van der Waals surface area contributed by atoms with Gasteiger partial charge in [0, 0.05) is 6.04 Å². The average Bonchev–Trinajstić information content (AvgIpc) is 3.03. The zero-order chi connectivity index (χ0) is 20.8. The fourth-order valence-electron chi connectivity index (χ4n) is 2.67. The molecule has 0 fully saturated rings. The predicted octanol–water partition coefficient (Wildman–Crippen LogP) is 4.22. The van der Waals surface area contributed by atoms with Gasteiger partial charge in [-0.2, -0.15) is 0 Å². The van der Waals surface area contributed by atoms with E-state index in [1.54, 1.807) is 6.08 Å². The lowest BCUT2D eigenvalue weighted by Crippen LogP contribution is -2.35. The Morgan fingerprint density at radius 2 is 1.90 bits per heavy atom. The van der Waals surface area contributed by atoms with Gasteiger partial charge in [-0.3, -0.25) is 14.5 Å². The van der Waals surface area contributed by atoms with Crippen molar-refractivity contribution in [1.29, 1.82) is 0 Å². The first-order valence-corrected chi connectivity index (χ1v) is 10.3. The van der Waals surface area contributed by atoms with E-state index >= 15 is 0 Å². The van der Waals surface area contributed by atoms with Crippen molar-refractivity contribution in [2.45, 2.75) is 26.3 Å². The van der Waals surface area contributed by atoms with Gasteiger partial charge in [0.15, 0.2) is 5.17 Å². The Hall–Kier alpha value is -2.93. The maximum Gasteiger partial charge on any atom is 0.283 e. The van der Waals surface area contributed by atoms with Crippen LogP contribution in [0.4, 0.5) is 10.1 Å². The van der Waals surface area contributed by atoms with Gasteiger partial charge >= 0.3 is 0 Å². The maximum absolute atomic E-state index is 13.3. The molecule has 1 atom stereocenters. The summed E-state index contributed by atoms with van der Waals surface area (Å²) in [5.74, 6) is -0.698. The first kappa shape index (κ1) is 20.8. The van der Waals surface area contributed by atoms with Gasteiger partial charge < -0.3 is 5.32 Å². The van der Waals surface area contributed by atoms with Gasteiger partial charge in [0.05, 0.1) is 11.4 Å². The predicted molar refractivity (Wildman–Crippen MR) is 116 cm³/mol. The quantitative estimate of drug-likeness (QED) is 0.724. The van der Waals surface area contributed by atoms with Crippen LogP contribution in [0.2, 0.25) is 0 Å². The normalized spacial score (nSPS) is 16.1. The molecule has 0 spiro atoms. The highest BCUT2D eigenvalue weighted by Gasteiger charge is 2.32. The summed E-state index contributed by atoms with van der Waals surface area (Å²) < 4.78 is 13.3. The number of halogens is 1. The molecule has 5 nitrogen and oxygen atoms in total. The van der Waals surface area contributed by atoms with Gasteiger partial charge in [0.25, 0.3) is 5.91 Å². The first-order valence-electron chi connectivity index (χ1n) is 9.35. The van der Waals surface area contributed by atoms with Crippen LogP contribution < -0.4 is 10.2 Å². The number of hydrogen-bond acceptors (Lipinski definition) is 4. The van der Waals surface area contributed by atoms with Gasteiger partial charge in [-0.05, 0) is 49.2 Å². The van der Waals surface area contributed by atoms with E-state index in [1.807, 2.05) is 44.2 Å². The van der Waals surface area contributed by atoms with Crippen molar-refractivity contribution in [3.05, 3.63) is 71.7 Å². The molecule has 0 aliphatic carbocycles. The monoisotopic (exact) mass is 411 g/mol. The van der Waals surface area contributed by atoms with Crippen LogP contribution in [0, 0.1) is 5.82 Å². The number of amidine groups is 1. The van der Waals surface area contributed by atoms with Gasteiger partial charge in [0.1, 0.15) is 11.5 Å². The number of benzene rings is 2. The van der Waals surface area contributed by atoms with Crippen molar-refractivity contribution >= 4 is 40.5 Å². The molecular weight excluding hydrogens is 389 g/mol. The number of carbonyl (C=O) groups excluding carboxylic acids is 2. The third-order valence-electron chi connectivity index (χ3n) is 4.37. The minimum atomic E-state index is -0.389. The fourth-order valence-corrected chi connectivity index (χ4v) is 3.49. The van der Waals surface area contributed by atoms with Crippen LogP contribution in [0.3, 0.4) is 0 Å². The number of thioether (sulfide) groups is 1. The molecule has 0 bridgehead atoms. The van der Waals surface area contributed by atoms with Crippen molar-refractivity contribution in [3.8, 4) is 0 Å². The van der Waals surface area contributed by atoms with E-state index in [2.05, 4.69) is 10.3 Å². The van der Waals surface area contributed by atoms with Crippen molar-refractivity contribution in [1.82, 2.24) is 5.32 Å². The summed E-state index contributed by atoms with van der Waals surface area (Å²) in [4.78, 5) is 31.0. The van der Waals surface area contributed by atoms with Gasteiger partial charge in [-0.1, -0.05) is 49.0 Å². The van der Waals surface area contributed by atoms with Crippen LogP contribution in [0.15, 0.2) is 65.3 Å². The van der Waals surface area contributed by atoms with Gasteiger partial charge in [0.2, 0.25) is 5.91 Å². The Morgan fingerprint density at radius 1 is 1.21 bits per heavy atom. The molecule has 3 rings (SSSR count). The Labute approximate surface area is 173 Å². The number of rotatable bonds is 6. The van der Waals surface area contributed by atoms with Crippen LogP contribution in [0.25, 0.3) is 6.08 Å². The molecule has 0 radical (unpaired) electrons. The molecule has 2 amide bonds. The van der Waals surface area contributed by atoms with Crippen molar-refractivity contribution in [3.63, 3.8) is 0 Å². The maximum atomic E-state index is 13.3. The molecule has 29 heavy (non-hydrogen) atoms. The van der Waals surface area contributed by atoms with Crippen LogP contribution >= 0.6 is 11.8 Å². The Balaban J connectivity index is 1.86. The highest BCUT2D eigenvalue weighted by atomic mass is 32.2. The van der Waals surface area contributed by atoms with E-state index in [1.165, 1.54) is 40.9 Å². The number of carbonyl (C=O) groups is 2. The highest BCUT2D eigenvalue weighted by Crippen LogP contribution is 2.29. The molecule has 0 aromatic heterocycles. The molecule has 1 aliphatic heterocycles. The standard InChI is InChI=1S/C22H22FN3O2S/c1-3-15(2)24-20(27)14-29-22-25-19(13-16-7-5-4-6-8-16)21(28)26(22)18-11-9-17(23)10-12-18/h4-13,15H,3,14H2,1-2H3,(H,24,27)/b19-13-/t15-/m0/s1. The van der Waals surface area contributed by atoms with Crippen LogP contribution in [0.5, 0.6) is 0 Å². The Kier molecular flexibility index (Phi) is 6.82. The minimum Gasteiger partial charge on any atom is -0.353 e. The summed E-state index contributed by atoms with van der Waals surface area (Å²) in [5, 5.41) is 3.29. The lowest BCUT2D eigenvalue weighted by molar-refractivity contribution is -0.119. The van der Waals surface area contributed by atoms with E-state index < -0.39 is 0 Å². The van der Waals surface area contributed by atoms with E-state index in [-0.39, 0.29) is 35.1 Å². The number of nitrogens with one attached hydrogen (secondary N) is 1. The molecule has 1 N–H and O–H groups in total. The summed E-state index contributed by atoms with van der Waals surface area (Å²) in [6.45, 7) is 3.93. The second-order valence-electron chi connectivity index (χ2n) is 6.62. The van der Waals surface area contributed by atoms with E-state index in [9.17, 15) is 14.0 Å². The number of nitrogens with zero attached hydrogens (tertiary/aromatic N) is 2. The summed E-state index contributed by atoms with van der Waals surface area (Å²) in [7, 11) is 0. The van der Waals surface area contributed by atoms with E-state index in [4.69, 9.17) is 0 Å². The first-order chi connectivity index (χ1) is 14.0. The number of hydrogen-bond donors (Lipinski definition) is 1. The van der Waals surface area contributed by atoms with Crippen molar-refractivity contribution in [2.24, 2.45) is 4.99 Å². The largest absolute Gasteiger partial charge is 0.353 e. The van der Waals surface area contributed by atoms with E-state index in [0.29, 0.717) is 10.9 Å². The Morgan fingerprint density at radius 3 is 2.55 bits per heavy atom. The second kappa shape index (κ2) is 9.52. The lowest BCUT2D eigenvalue weighted by Gasteiger charge is -2.18. The number of aliphatic imine (C=N–C) groups is 1. The van der Waals surface area contributed by atoms with Gasteiger partial charge in [-0.25, -0.2) is 9.38 Å². The number of amides is 2. The molecule has 2 aromatic carbocycles. The molecule has 2 aromatic rings. The van der Waals surface area contributed by atoms with Crippen LogP contribution in [-0.2, 0) is 9.59 Å². The molecule has 7 heteroatoms. The summed E-state index contributed by atoms with van der Waals surface area (Å²) >= 11 is 1.18. The smallest absolute Gasteiger partial charge is 0.283 e. The third kappa shape index (κ3) is 5.32. The third-order valence-corrected chi connectivity index (χ3v) is 5.31. The molecule has 150 valence electrons. The topological polar surface area (TPSA) is 61.8 Å². The zero-order valence-corrected chi connectivity index (χ0v) is 17.1. The molecule has 1 aliphatic rings. The summed E-state index contributed by atoms with van der Waals surface area (Å²) in [6.07, 6.45) is 2.53. The lowest BCUT2D eigenvalue weighted by atomic mass is 10.2. The summed E-state index contributed by atoms with van der Waals surface area (Å²) in [6, 6.07) is 15.1. The van der Waals surface area contributed by atoms with E-state index in [0.717, 1.165) is 12.0 Å². The van der Waals surface area contributed by atoms with Crippen molar-refractivity contribution in [2.75, 3.05) is 10.7 Å². The number of anilines is 1. The Bertz CT molecular complexity index is 942.